The van der Waals surface area contributed by atoms with E-state index in [1.54, 1.807) is 56.3 Å². The van der Waals surface area contributed by atoms with E-state index in [2.05, 4.69) is 4.99 Å². The average Bonchev–Trinajstić information content (AvgIpc) is 3.24. The van der Waals surface area contributed by atoms with Gasteiger partial charge in [0.05, 0.1) is 38.3 Å². The van der Waals surface area contributed by atoms with Crippen LogP contribution in [0.15, 0.2) is 104 Å². The Bertz CT molecular complexity index is 1830. The number of fused-ring (bicyclic) bond motifs is 1. The van der Waals surface area contributed by atoms with Crippen molar-refractivity contribution in [1.82, 2.24) is 4.57 Å². The number of nitro groups is 1. The molecule has 8 nitrogen and oxygen atoms in total. The van der Waals surface area contributed by atoms with Gasteiger partial charge >= 0.3 is 5.97 Å². The van der Waals surface area contributed by atoms with Crippen molar-refractivity contribution in [2.75, 3.05) is 6.61 Å². The number of aromatic nitrogens is 1. The zero-order valence-corrected chi connectivity index (χ0v) is 23.8. The van der Waals surface area contributed by atoms with E-state index in [1.165, 1.54) is 22.4 Å². The predicted octanol–water partition coefficient (Wildman–Crippen LogP) is 5.51. The van der Waals surface area contributed by atoms with Gasteiger partial charge < -0.3 is 4.74 Å². The summed E-state index contributed by atoms with van der Waals surface area (Å²) < 4.78 is 7.14. The van der Waals surface area contributed by atoms with Gasteiger partial charge in [0.25, 0.3) is 11.2 Å². The Hall–Kier alpha value is -3.99. The number of carbonyl (C=O) groups excluding carboxylic acids is 1. The molecule has 3 aromatic carbocycles. The summed E-state index contributed by atoms with van der Waals surface area (Å²) in [6.07, 6.45) is 1.61. The van der Waals surface area contributed by atoms with E-state index in [-0.39, 0.29) is 17.9 Å². The smallest absolute Gasteiger partial charge is 0.338 e. The van der Waals surface area contributed by atoms with E-state index >= 15 is 0 Å². The van der Waals surface area contributed by atoms with Crippen LogP contribution in [0.4, 0.5) is 5.69 Å². The molecule has 0 unspecified atom stereocenters. The van der Waals surface area contributed by atoms with Crippen LogP contribution in [0.25, 0.3) is 6.08 Å². The molecule has 0 saturated carbocycles. The predicted molar refractivity (Wildman–Crippen MR) is 156 cm³/mol. The van der Waals surface area contributed by atoms with Crippen molar-refractivity contribution >= 4 is 52.4 Å². The second kappa shape index (κ2) is 11.6. The molecular formula is C29H22ClN3O5S2. The number of halogens is 1. The lowest BCUT2D eigenvalue weighted by Gasteiger charge is -2.24. The number of ether oxygens (including phenoxy) is 1. The van der Waals surface area contributed by atoms with Gasteiger partial charge in [0.1, 0.15) is 0 Å². The Morgan fingerprint density at radius 2 is 1.90 bits per heavy atom. The van der Waals surface area contributed by atoms with Crippen LogP contribution in [0.1, 0.15) is 31.0 Å². The number of carbonyl (C=O) groups is 1. The molecule has 0 amide bonds. The fourth-order valence-electron chi connectivity index (χ4n) is 4.38. The van der Waals surface area contributed by atoms with Crippen LogP contribution >= 0.6 is 34.7 Å². The monoisotopic (exact) mass is 591 g/mol. The fraction of sp³-hybridized carbons (Fsp3) is 0.138. The first kappa shape index (κ1) is 27.6. The van der Waals surface area contributed by atoms with Gasteiger partial charge in [-0.25, -0.2) is 9.79 Å². The lowest BCUT2D eigenvalue weighted by atomic mass is 9.96. The zero-order chi connectivity index (χ0) is 28.4. The van der Waals surface area contributed by atoms with Gasteiger partial charge in [-0.05, 0) is 61.4 Å². The van der Waals surface area contributed by atoms with Crippen LogP contribution in [0.3, 0.4) is 0 Å². The number of nitrogens with zero attached hydrogens (tertiary/aromatic N) is 3. The maximum atomic E-state index is 13.7. The lowest BCUT2D eigenvalue weighted by molar-refractivity contribution is -0.387. The second-order valence-electron chi connectivity index (χ2n) is 8.75. The molecule has 0 bridgehead atoms. The molecule has 0 fully saturated rings. The molecule has 0 spiro atoms. The Morgan fingerprint density at radius 3 is 2.58 bits per heavy atom. The SMILES string of the molecule is CCOC(=O)C1=C(C)N=c2s/c(=C/c3ccc(Sc4ccc(Cl)cc4)c([N+](=O)[O-])c3)c(=O)n2[C@H]1c1ccccc1. The van der Waals surface area contributed by atoms with Crippen LogP contribution < -0.4 is 14.9 Å². The third-order valence-electron chi connectivity index (χ3n) is 6.15. The third kappa shape index (κ3) is 5.51. The van der Waals surface area contributed by atoms with Crippen molar-refractivity contribution < 1.29 is 14.5 Å². The minimum Gasteiger partial charge on any atom is -0.463 e. The number of hydrogen-bond acceptors (Lipinski definition) is 8. The summed E-state index contributed by atoms with van der Waals surface area (Å²) >= 11 is 8.37. The minimum absolute atomic E-state index is 0.0796. The first-order valence-corrected chi connectivity index (χ1v) is 14.2. The standard InChI is InChI=1S/C29H22ClN3O5S2/c1-3-38-28(35)25-17(2)31-29-32(26(25)19-7-5-4-6-8-19)27(34)24(40-29)16-18-9-14-23(22(15-18)33(36)37)39-21-12-10-20(30)11-13-21/h4-16,26H,3H2,1-2H3/b24-16+/t26-/m0/s1. The molecule has 4 aromatic rings. The van der Waals surface area contributed by atoms with Crippen LogP contribution in [0.2, 0.25) is 5.02 Å². The highest BCUT2D eigenvalue weighted by atomic mass is 35.5. The third-order valence-corrected chi connectivity index (χ3v) is 8.46. The highest BCUT2D eigenvalue weighted by molar-refractivity contribution is 7.99. The number of rotatable bonds is 7. The van der Waals surface area contributed by atoms with Crippen molar-refractivity contribution in [2.24, 2.45) is 4.99 Å². The molecule has 40 heavy (non-hydrogen) atoms. The molecule has 0 saturated heterocycles. The van der Waals surface area contributed by atoms with Crippen LogP contribution in [0.5, 0.6) is 0 Å². The zero-order valence-electron chi connectivity index (χ0n) is 21.4. The maximum Gasteiger partial charge on any atom is 0.338 e. The second-order valence-corrected chi connectivity index (χ2v) is 11.3. The summed E-state index contributed by atoms with van der Waals surface area (Å²) in [4.78, 5) is 44.4. The summed E-state index contributed by atoms with van der Waals surface area (Å²) in [5.74, 6) is -0.531. The van der Waals surface area contributed by atoms with E-state index < -0.39 is 16.9 Å². The van der Waals surface area contributed by atoms with Crippen molar-refractivity contribution in [3.63, 3.8) is 0 Å². The van der Waals surface area contributed by atoms with Crippen molar-refractivity contribution in [1.29, 1.82) is 0 Å². The molecule has 1 aromatic heterocycles. The molecule has 2 heterocycles. The first-order chi connectivity index (χ1) is 19.3. The minimum atomic E-state index is -0.717. The highest BCUT2D eigenvalue weighted by Crippen LogP contribution is 2.36. The Kier molecular flexibility index (Phi) is 8.02. The van der Waals surface area contributed by atoms with Gasteiger partial charge in [-0.1, -0.05) is 71.1 Å². The normalized spacial score (nSPS) is 15.0. The molecule has 11 heteroatoms. The average molecular weight is 592 g/mol. The van der Waals surface area contributed by atoms with Crippen LogP contribution in [0, 0.1) is 10.1 Å². The Morgan fingerprint density at radius 1 is 1.18 bits per heavy atom. The summed E-state index contributed by atoms with van der Waals surface area (Å²) in [7, 11) is 0. The lowest BCUT2D eigenvalue weighted by Crippen LogP contribution is -2.39. The van der Waals surface area contributed by atoms with E-state index in [0.29, 0.717) is 36.1 Å². The van der Waals surface area contributed by atoms with Gasteiger partial charge in [-0.2, -0.15) is 0 Å². The van der Waals surface area contributed by atoms with Crippen LogP contribution in [-0.4, -0.2) is 22.1 Å². The van der Waals surface area contributed by atoms with E-state index in [4.69, 9.17) is 16.3 Å². The molecular weight excluding hydrogens is 570 g/mol. The first-order valence-electron chi connectivity index (χ1n) is 12.2. The topological polar surface area (TPSA) is 104 Å². The van der Waals surface area contributed by atoms with Gasteiger partial charge in [-0.15, -0.1) is 0 Å². The molecule has 0 radical (unpaired) electrons. The van der Waals surface area contributed by atoms with Crippen molar-refractivity contribution in [3.05, 3.63) is 130 Å². The number of nitro benzene ring substituents is 1. The van der Waals surface area contributed by atoms with Gasteiger partial charge in [0.2, 0.25) is 0 Å². The van der Waals surface area contributed by atoms with Gasteiger partial charge in [-0.3, -0.25) is 19.5 Å². The number of thiazole rings is 1. The summed E-state index contributed by atoms with van der Waals surface area (Å²) in [5.41, 5.74) is 1.57. The van der Waals surface area contributed by atoms with Gasteiger partial charge in [0, 0.05) is 16.0 Å². The van der Waals surface area contributed by atoms with E-state index in [9.17, 15) is 19.7 Å². The number of esters is 1. The number of hydrogen-bond donors (Lipinski definition) is 0. The molecule has 1 aliphatic rings. The quantitative estimate of drug-likeness (QED) is 0.159. The van der Waals surface area contributed by atoms with Gasteiger partial charge in [0.15, 0.2) is 4.80 Å². The number of benzene rings is 3. The van der Waals surface area contributed by atoms with E-state index in [0.717, 1.165) is 21.8 Å². The summed E-state index contributed by atoms with van der Waals surface area (Å²) in [5, 5.41) is 12.5. The van der Waals surface area contributed by atoms with E-state index in [1.807, 2.05) is 30.3 Å². The summed E-state index contributed by atoms with van der Waals surface area (Å²) in [6.45, 7) is 3.63. The Balaban J connectivity index is 1.60. The molecule has 1 aliphatic heterocycles. The molecule has 0 N–H and O–H groups in total. The number of allylic oxidation sites excluding steroid dienone is 1. The highest BCUT2D eigenvalue weighted by Gasteiger charge is 2.33. The Labute approximate surface area is 242 Å². The molecule has 0 aliphatic carbocycles. The molecule has 5 rings (SSSR count). The van der Waals surface area contributed by atoms with Crippen molar-refractivity contribution in [2.45, 2.75) is 29.7 Å². The maximum absolute atomic E-state index is 13.7. The van der Waals surface area contributed by atoms with Crippen molar-refractivity contribution in [3.8, 4) is 0 Å². The molecule has 202 valence electrons. The fourth-order valence-corrected chi connectivity index (χ4v) is 6.45. The van der Waals surface area contributed by atoms with Crippen LogP contribution in [-0.2, 0) is 9.53 Å². The largest absolute Gasteiger partial charge is 0.463 e. The summed E-state index contributed by atoms with van der Waals surface area (Å²) in [6, 6.07) is 20.4. The molecule has 1 atom stereocenters.